The minimum atomic E-state index is 0.502. The van der Waals surface area contributed by atoms with Crippen LogP contribution in [0.15, 0.2) is 0 Å². The zero-order chi connectivity index (χ0) is 6.32. The molecule has 1 spiro atoms. The Morgan fingerprint density at radius 1 is 1.00 bits per heavy atom. The van der Waals surface area contributed by atoms with E-state index in [1.165, 1.54) is 0 Å². The fourth-order valence-electron chi connectivity index (χ4n) is 0.373. The molecule has 2 rings (SSSR count). The van der Waals surface area contributed by atoms with Crippen molar-refractivity contribution < 1.29 is 0 Å². The van der Waals surface area contributed by atoms with Crippen LogP contribution in [0, 0.1) is 0 Å². The van der Waals surface area contributed by atoms with Gasteiger partial charge in [-0.25, -0.2) is 0 Å². The van der Waals surface area contributed by atoms with Crippen LogP contribution in [0.5, 0.6) is 0 Å². The topological polar surface area (TPSA) is 0 Å². The summed E-state index contributed by atoms with van der Waals surface area (Å²) in [5.74, 6) is 0. The maximum atomic E-state index is 2.26. The van der Waals surface area contributed by atoms with E-state index in [1.54, 1.807) is 0 Å². The second kappa shape index (κ2) is 2.86. The van der Waals surface area contributed by atoms with Crippen molar-refractivity contribution in [1.82, 2.24) is 0 Å². The molecule has 0 aromatic heterocycles. The summed E-state index contributed by atoms with van der Waals surface area (Å²) in [5.41, 5.74) is 0. The molecule has 0 unspecified atom stereocenters. The third-order valence-electron chi connectivity index (χ3n) is 0.791. The lowest BCUT2D eigenvalue weighted by molar-refractivity contribution is 1.45. The lowest BCUT2D eigenvalue weighted by Gasteiger charge is -2.19. The molecule has 0 bridgehead atoms. The quantitative estimate of drug-likeness (QED) is 0.452. The Balaban J connectivity index is 1.91. The molecule has 6 heteroatoms. The second-order valence-corrected chi connectivity index (χ2v) is 11.5. The Morgan fingerprint density at radius 3 is 2.00 bits per heavy atom. The summed E-state index contributed by atoms with van der Waals surface area (Å²) in [4.78, 5) is 0. The van der Waals surface area contributed by atoms with Gasteiger partial charge >= 0.3 is 0 Å². The Hall–Kier alpha value is 2.10. The average Bonchev–Trinajstić information content (AvgIpc) is 2.60. The van der Waals surface area contributed by atoms with Gasteiger partial charge in [-0.05, 0) is 28.5 Å². The van der Waals surface area contributed by atoms with Crippen LogP contribution in [-0.2, 0) is 0 Å². The minimum Gasteiger partial charge on any atom is -0.0759 e. The molecule has 2 saturated heterocycles. The van der Waals surface area contributed by atoms with Gasteiger partial charge in [-0.15, -0.1) is 0 Å². The summed E-state index contributed by atoms with van der Waals surface area (Å²) in [6.07, 6.45) is 0. The van der Waals surface area contributed by atoms with Gasteiger partial charge in [-0.1, -0.05) is 43.2 Å². The normalized spacial score (nSPS) is 33.0. The van der Waals surface area contributed by atoms with Gasteiger partial charge in [-0.3, -0.25) is 0 Å². The third-order valence-corrected chi connectivity index (χ3v) is 14.7. The van der Waals surface area contributed by atoms with Crippen LogP contribution in [0.1, 0.15) is 6.92 Å². The maximum absolute atomic E-state index is 2.26. The van der Waals surface area contributed by atoms with E-state index in [2.05, 4.69) is 6.92 Å². The summed E-state index contributed by atoms with van der Waals surface area (Å²) >= 11 is 0. The van der Waals surface area contributed by atoms with Crippen molar-refractivity contribution >= 4 is 64.8 Å². The van der Waals surface area contributed by atoms with E-state index in [0.717, 1.165) is 4.58 Å². The van der Waals surface area contributed by atoms with Gasteiger partial charge in [0.15, 0.2) is 2.74 Å². The van der Waals surface area contributed by atoms with Crippen LogP contribution in [0.3, 0.4) is 0 Å². The van der Waals surface area contributed by atoms with Crippen molar-refractivity contribution in [2.75, 3.05) is 0 Å². The lowest BCUT2D eigenvalue weighted by Crippen LogP contribution is -1.96. The van der Waals surface area contributed by atoms with Gasteiger partial charge in [0.2, 0.25) is 0 Å². The Morgan fingerprint density at radius 2 is 1.56 bits per heavy atom. The molecule has 9 heavy (non-hydrogen) atoms. The first-order chi connectivity index (χ1) is 4.31. The highest BCUT2D eigenvalue weighted by Gasteiger charge is 2.51. The van der Waals surface area contributed by atoms with Crippen molar-refractivity contribution in [3.8, 4) is 0 Å². The van der Waals surface area contributed by atoms with Crippen molar-refractivity contribution in [3.63, 3.8) is 0 Å². The summed E-state index contributed by atoms with van der Waals surface area (Å²) in [7, 11) is 12.0. The van der Waals surface area contributed by atoms with Gasteiger partial charge in [0.1, 0.15) is 0 Å². The fraction of sp³-hybridized carbons (Fsp3) is 1.00. The average molecular weight is 232 g/mol. The van der Waals surface area contributed by atoms with Gasteiger partial charge in [0.05, 0.1) is 4.58 Å². The largest absolute Gasteiger partial charge is 0.192 e. The molecular weight excluding hydrogens is 228 g/mol. The van der Waals surface area contributed by atoms with E-state index < -0.39 is 0 Å². The summed E-state index contributed by atoms with van der Waals surface area (Å²) in [6.45, 7) is 2.26. The van der Waals surface area contributed by atoms with Crippen LogP contribution in [-0.4, -0.2) is 7.33 Å². The van der Waals surface area contributed by atoms with E-state index in [-0.39, 0.29) is 0 Å². The molecule has 2 aliphatic heterocycles. The maximum Gasteiger partial charge on any atom is 0.192 e. The monoisotopic (exact) mass is 232 g/mol. The van der Waals surface area contributed by atoms with Gasteiger partial charge < -0.3 is 0 Å². The second-order valence-electron chi connectivity index (χ2n) is 1.59. The highest BCUT2D eigenvalue weighted by Crippen LogP contribution is 2.84. The zero-order valence-corrected chi connectivity index (χ0v) is 9.43. The highest BCUT2D eigenvalue weighted by molar-refractivity contribution is 9.14. The van der Waals surface area contributed by atoms with E-state index in [4.69, 9.17) is 0 Å². The Kier molecular flexibility index (Phi) is 2.46. The van der Waals surface area contributed by atoms with Crippen LogP contribution in [0.25, 0.3) is 0 Å². The van der Waals surface area contributed by atoms with Crippen molar-refractivity contribution in [2.45, 2.75) is 14.2 Å². The fourth-order valence-corrected chi connectivity index (χ4v) is 13.0. The highest BCUT2D eigenvalue weighted by atomic mass is 33.2. The molecule has 0 aliphatic carbocycles. The molecule has 2 fully saturated rings. The van der Waals surface area contributed by atoms with Crippen molar-refractivity contribution in [2.24, 2.45) is 0 Å². The van der Waals surface area contributed by atoms with E-state index in [9.17, 15) is 0 Å². The number of hydrogen-bond acceptors (Lipinski definition) is 6. The molecule has 0 amide bonds. The molecule has 0 saturated carbocycles. The summed E-state index contributed by atoms with van der Waals surface area (Å²) < 4.78 is 1.27. The number of rotatable bonds is 0. The molecular formula is C3H4S6. The van der Waals surface area contributed by atoms with E-state index >= 15 is 0 Å². The van der Waals surface area contributed by atoms with Crippen molar-refractivity contribution in [1.29, 1.82) is 0 Å². The summed E-state index contributed by atoms with van der Waals surface area (Å²) in [6, 6.07) is 0. The molecule has 0 N–H and O–H groups in total. The molecule has 0 radical (unpaired) electrons. The van der Waals surface area contributed by atoms with Crippen LogP contribution < -0.4 is 0 Å². The smallest absolute Gasteiger partial charge is 0.0759 e. The molecule has 0 nitrogen and oxygen atoms in total. The molecule has 2 aliphatic rings. The third kappa shape index (κ3) is 1.82. The first kappa shape index (κ1) is 7.73. The van der Waals surface area contributed by atoms with Crippen LogP contribution in [0.2, 0.25) is 0 Å². The Bertz CT molecular complexity index is 109. The molecule has 2 heterocycles. The first-order valence-electron chi connectivity index (χ1n) is 2.37. The van der Waals surface area contributed by atoms with Gasteiger partial charge in [-0.2, -0.15) is 0 Å². The predicted molar refractivity (Wildman–Crippen MR) is 57.7 cm³/mol. The Labute approximate surface area is 78.4 Å². The first-order valence-corrected chi connectivity index (χ1v) is 8.94. The predicted octanol–water partition coefficient (Wildman–Crippen LogP) is 4.12. The lowest BCUT2D eigenvalue weighted by atomic mass is 11.0. The SMILES string of the molecule is CC1SSC2(SS1)SS2. The minimum absolute atomic E-state index is 0.502. The zero-order valence-electron chi connectivity index (χ0n) is 4.53. The van der Waals surface area contributed by atoms with Crippen LogP contribution in [0.4, 0.5) is 0 Å². The van der Waals surface area contributed by atoms with Crippen LogP contribution >= 0.6 is 64.8 Å². The molecule has 0 aromatic rings. The molecule has 52 valence electrons. The molecule has 0 aromatic carbocycles. The number of hydrogen-bond donors (Lipinski definition) is 0. The van der Waals surface area contributed by atoms with Gasteiger partial charge in [0.25, 0.3) is 0 Å². The standard InChI is InChI=1S/C3H4S6/c1-2-4-6-3(7-5-2)8-9-3/h2H,1H3. The van der Waals surface area contributed by atoms with Gasteiger partial charge in [0, 0.05) is 0 Å². The molecule has 0 atom stereocenters. The summed E-state index contributed by atoms with van der Waals surface area (Å²) in [5, 5.41) is 0. The van der Waals surface area contributed by atoms with E-state index in [1.807, 2.05) is 64.8 Å². The van der Waals surface area contributed by atoms with E-state index in [0.29, 0.717) is 2.74 Å². The van der Waals surface area contributed by atoms with Crippen molar-refractivity contribution in [3.05, 3.63) is 0 Å².